The molecule has 1 amide bonds. The molecule has 3 rings (SSSR count). The molecule has 104 valence electrons. The zero-order chi connectivity index (χ0) is 13.9. The second-order valence-electron chi connectivity index (χ2n) is 4.62. The molecule has 2 fully saturated rings. The highest BCUT2D eigenvalue weighted by molar-refractivity contribution is 5.82. The first kappa shape index (κ1) is 13.0. The van der Waals surface area contributed by atoms with Crippen LogP contribution in [-0.2, 0) is 14.3 Å². The fraction of sp³-hybridized carbons (Fsp3) is 0.462. The molecule has 2 unspecified atom stereocenters. The van der Waals surface area contributed by atoms with E-state index in [2.05, 4.69) is 15.6 Å². The summed E-state index contributed by atoms with van der Waals surface area (Å²) < 4.78 is 10.8. The molecule has 2 aliphatic rings. The maximum atomic E-state index is 11.6. The highest BCUT2D eigenvalue weighted by Crippen LogP contribution is 2.23. The first-order valence-electron chi connectivity index (χ1n) is 6.40. The molecule has 0 saturated carbocycles. The van der Waals surface area contributed by atoms with Gasteiger partial charge in [0.15, 0.2) is 6.29 Å². The van der Waals surface area contributed by atoms with Crippen LogP contribution in [0.3, 0.4) is 0 Å². The highest BCUT2D eigenvalue weighted by Gasteiger charge is 2.29. The number of pyridine rings is 1. The number of carbonyl (C=O) groups excluding carboxylic acids is 1. The van der Waals surface area contributed by atoms with E-state index < -0.39 is 5.92 Å². The van der Waals surface area contributed by atoms with Crippen LogP contribution in [0.5, 0.6) is 0 Å². The van der Waals surface area contributed by atoms with Crippen molar-refractivity contribution in [2.24, 2.45) is 5.92 Å². The summed E-state index contributed by atoms with van der Waals surface area (Å²) in [5.74, 6) is -0.921. The summed E-state index contributed by atoms with van der Waals surface area (Å²) >= 11 is 0. The molecule has 0 radical (unpaired) electrons. The van der Waals surface area contributed by atoms with Gasteiger partial charge in [0.1, 0.15) is 12.1 Å². The minimum Gasteiger partial charge on any atom is -0.346 e. The van der Waals surface area contributed by atoms with E-state index >= 15 is 0 Å². The van der Waals surface area contributed by atoms with Crippen LogP contribution < -0.4 is 10.6 Å². The number of ether oxygens (including phenoxy) is 2. The molecule has 0 spiro atoms. The van der Waals surface area contributed by atoms with Gasteiger partial charge in [0.05, 0.1) is 25.0 Å². The normalized spacial score (nSPS) is 27.1. The third kappa shape index (κ3) is 2.49. The summed E-state index contributed by atoms with van der Waals surface area (Å²) in [6, 6.07) is 5.62. The predicted molar refractivity (Wildman–Crippen MR) is 66.9 cm³/mol. The lowest BCUT2D eigenvalue weighted by molar-refractivity contribution is -0.126. The summed E-state index contributed by atoms with van der Waals surface area (Å²) in [6.07, 6.45) is 0.954. The van der Waals surface area contributed by atoms with Crippen molar-refractivity contribution in [1.82, 2.24) is 15.6 Å². The van der Waals surface area contributed by atoms with Gasteiger partial charge in [-0.15, -0.1) is 0 Å². The molecule has 0 aliphatic carbocycles. The number of nitriles is 1. The van der Waals surface area contributed by atoms with E-state index in [1.54, 1.807) is 6.20 Å². The van der Waals surface area contributed by atoms with Crippen molar-refractivity contribution in [3.05, 3.63) is 29.6 Å². The molecule has 1 aromatic heterocycles. The van der Waals surface area contributed by atoms with Crippen molar-refractivity contribution in [2.75, 3.05) is 19.8 Å². The average molecular weight is 274 g/mol. The van der Waals surface area contributed by atoms with Crippen LogP contribution >= 0.6 is 0 Å². The van der Waals surface area contributed by atoms with E-state index in [0.717, 1.165) is 5.56 Å². The number of nitrogens with one attached hydrogen (secondary N) is 2. The molecule has 2 aliphatic heterocycles. The van der Waals surface area contributed by atoms with E-state index in [0.29, 0.717) is 25.5 Å². The molecule has 7 nitrogen and oxygen atoms in total. The van der Waals surface area contributed by atoms with Crippen LogP contribution in [0.2, 0.25) is 0 Å². The molecular weight excluding hydrogens is 260 g/mol. The summed E-state index contributed by atoms with van der Waals surface area (Å²) in [6.45, 7) is 1.50. The molecule has 2 saturated heterocycles. The first-order chi connectivity index (χ1) is 9.78. The Labute approximate surface area is 115 Å². The molecule has 20 heavy (non-hydrogen) atoms. The van der Waals surface area contributed by atoms with Crippen molar-refractivity contribution in [3.8, 4) is 6.07 Å². The number of carbonyl (C=O) groups is 1. The Bertz CT molecular complexity index is 534. The molecule has 7 heteroatoms. The summed E-state index contributed by atoms with van der Waals surface area (Å²) in [4.78, 5) is 16.0. The van der Waals surface area contributed by atoms with Crippen molar-refractivity contribution >= 4 is 5.91 Å². The van der Waals surface area contributed by atoms with Crippen molar-refractivity contribution in [2.45, 2.75) is 12.5 Å². The van der Waals surface area contributed by atoms with Crippen molar-refractivity contribution in [3.63, 3.8) is 0 Å². The number of nitrogens with zero attached hydrogens (tertiary/aromatic N) is 2. The molecule has 2 N–H and O–H groups in total. The maximum absolute atomic E-state index is 11.6. The Balaban J connectivity index is 1.69. The molecule has 0 aromatic carbocycles. The third-order valence-corrected chi connectivity index (χ3v) is 3.28. The Morgan fingerprint density at radius 3 is 2.75 bits per heavy atom. The van der Waals surface area contributed by atoms with E-state index in [-0.39, 0.29) is 18.4 Å². The number of aromatic nitrogens is 1. The fourth-order valence-electron chi connectivity index (χ4n) is 2.18. The van der Waals surface area contributed by atoms with Gasteiger partial charge in [-0.3, -0.25) is 15.1 Å². The lowest BCUT2D eigenvalue weighted by atomic mass is 10.1. The van der Waals surface area contributed by atoms with E-state index in [1.165, 1.54) is 0 Å². The smallest absolute Gasteiger partial charge is 0.240 e. The number of hydrogen-bond donors (Lipinski definition) is 2. The van der Waals surface area contributed by atoms with E-state index in [9.17, 15) is 4.79 Å². The van der Waals surface area contributed by atoms with Gasteiger partial charge in [-0.05, 0) is 6.07 Å². The van der Waals surface area contributed by atoms with Crippen LogP contribution in [0, 0.1) is 17.2 Å². The molecular formula is C13H14N4O3. The summed E-state index contributed by atoms with van der Waals surface area (Å²) in [7, 11) is 0. The van der Waals surface area contributed by atoms with Crippen molar-refractivity contribution < 1.29 is 14.3 Å². The second-order valence-corrected chi connectivity index (χ2v) is 4.62. The standard InChI is InChI=1S/C13H14N4O3/c14-5-9-7-16-11(17-12(9)18)10-2-1-8(6-15-10)13-19-3-4-20-13/h1-2,6,9,11,13,16H,3-4,7H2,(H,17,18). The lowest BCUT2D eigenvalue weighted by Crippen LogP contribution is -2.50. The lowest BCUT2D eigenvalue weighted by Gasteiger charge is -2.27. The fourth-order valence-corrected chi connectivity index (χ4v) is 2.18. The van der Waals surface area contributed by atoms with Crippen LogP contribution in [0.15, 0.2) is 18.3 Å². The Morgan fingerprint density at radius 2 is 2.15 bits per heavy atom. The monoisotopic (exact) mass is 274 g/mol. The highest BCUT2D eigenvalue weighted by atomic mass is 16.7. The predicted octanol–water partition coefficient (Wildman–Crippen LogP) is -0.0152. The van der Waals surface area contributed by atoms with Crippen LogP contribution in [-0.4, -0.2) is 30.6 Å². The van der Waals surface area contributed by atoms with Gasteiger partial charge in [-0.2, -0.15) is 5.26 Å². The van der Waals surface area contributed by atoms with E-state index in [4.69, 9.17) is 14.7 Å². The average Bonchev–Trinajstić information content (AvgIpc) is 3.01. The summed E-state index contributed by atoms with van der Waals surface area (Å²) in [5, 5.41) is 14.6. The van der Waals surface area contributed by atoms with Gasteiger partial charge < -0.3 is 14.8 Å². The molecule has 3 heterocycles. The Morgan fingerprint density at radius 1 is 1.35 bits per heavy atom. The van der Waals surface area contributed by atoms with Gasteiger partial charge in [0.2, 0.25) is 5.91 Å². The summed E-state index contributed by atoms with van der Waals surface area (Å²) in [5.41, 5.74) is 1.54. The Kier molecular flexibility index (Phi) is 3.60. The number of hydrogen-bond acceptors (Lipinski definition) is 6. The van der Waals surface area contributed by atoms with Gasteiger partial charge in [0.25, 0.3) is 0 Å². The number of amides is 1. The zero-order valence-electron chi connectivity index (χ0n) is 10.7. The van der Waals surface area contributed by atoms with Crippen LogP contribution in [0.4, 0.5) is 0 Å². The van der Waals surface area contributed by atoms with Crippen LogP contribution in [0.1, 0.15) is 23.7 Å². The SMILES string of the molecule is N#CC1CNC(c2ccc(C3OCCO3)cn2)NC1=O. The third-order valence-electron chi connectivity index (χ3n) is 3.28. The first-order valence-corrected chi connectivity index (χ1v) is 6.40. The van der Waals surface area contributed by atoms with Crippen LogP contribution in [0.25, 0.3) is 0 Å². The topological polar surface area (TPSA) is 96.3 Å². The largest absolute Gasteiger partial charge is 0.346 e. The number of rotatable bonds is 2. The van der Waals surface area contributed by atoms with Crippen molar-refractivity contribution in [1.29, 1.82) is 5.26 Å². The van der Waals surface area contributed by atoms with Gasteiger partial charge >= 0.3 is 0 Å². The maximum Gasteiger partial charge on any atom is 0.240 e. The molecule has 1 aromatic rings. The zero-order valence-corrected chi connectivity index (χ0v) is 10.7. The van der Waals surface area contributed by atoms with Gasteiger partial charge in [-0.1, -0.05) is 6.07 Å². The van der Waals surface area contributed by atoms with Gasteiger partial charge in [-0.25, -0.2) is 0 Å². The Hall–Kier alpha value is -2.01. The minimum absolute atomic E-state index is 0.274. The quantitative estimate of drug-likeness (QED) is 0.787. The minimum atomic E-state index is -0.647. The molecule has 2 atom stereocenters. The van der Waals surface area contributed by atoms with E-state index in [1.807, 2.05) is 18.2 Å². The molecule has 0 bridgehead atoms. The van der Waals surface area contributed by atoms with Gasteiger partial charge in [0, 0.05) is 18.3 Å². The second kappa shape index (κ2) is 5.54.